The van der Waals surface area contributed by atoms with E-state index in [4.69, 9.17) is 10.2 Å². The molecule has 6 amide bonds. The summed E-state index contributed by atoms with van der Waals surface area (Å²) in [6.45, 7) is 3.79. The summed E-state index contributed by atoms with van der Waals surface area (Å²) in [6, 6.07) is 16.0. The molecule has 0 saturated heterocycles. The van der Waals surface area contributed by atoms with Gasteiger partial charge >= 0.3 is 0 Å². The van der Waals surface area contributed by atoms with Gasteiger partial charge in [0.25, 0.3) is 0 Å². The van der Waals surface area contributed by atoms with Gasteiger partial charge in [0.1, 0.15) is 17.8 Å². The van der Waals surface area contributed by atoms with Crippen molar-refractivity contribution in [3.05, 3.63) is 108 Å². The van der Waals surface area contributed by atoms with Gasteiger partial charge < -0.3 is 36.7 Å². The number of nitrogens with one attached hydrogen (secondary N) is 5. The van der Waals surface area contributed by atoms with E-state index in [2.05, 4.69) is 33.2 Å². The highest BCUT2D eigenvalue weighted by atomic mass is 16.3. The molecule has 1 aliphatic rings. The molecule has 4 rings (SSSR count). The number of carbonyl (C=O) groups excluding carboxylic acids is 6. The van der Waals surface area contributed by atoms with Gasteiger partial charge in [0.15, 0.2) is 0 Å². The minimum Gasteiger partial charge on any atom is -0.469 e. The zero-order chi connectivity index (χ0) is 35.9. The Hall–Kier alpha value is -5.72. The summed E-state index contributed by atoms with van der Waals surface area (Å²) < 4.78 is 5.45. The molecule has 0 radical (unpaired) electrons. The van der Waals surface area contributed by atoms with Gasteiger partial charge in [-0.15, -0.1) is 0 Å². The lowest BCUT2D eigenvalue weighted by molar-refractivity contribution is -0.132. The minimum atomic E-state index is -0.977. The number of hydrogen-bond donors (Lipinski definition) is 6. The van der Waals surface area contributed by atoms with Crippen molar-refractivity contribution in [1.82, 2.24) is 26.6 Å². The Labute approximate surface area is 290 Å². The highest BCUT2D eigenvalue weighted by Gasteiger charge is 2.30. The van der Waals surface area contributed by atoms with Gasteiger partial charge in [-0.25, -0.2) is 0 Å². The van der Waals surface area contributed by atoms with Crippen LogP contribution in [0.3, 0.4) is 0 Å². The highest BCUT2D eigenvalue weighted by Crippen LogP contribution is 2.24. The van der Waals surface area contributed by atoms with Gasteiger partial charge in [-0.1, -0.05) is 55.1 Å². The van der Waals surface area contributed by atoms with Crippen LogP contribution in [0.5, 0.6) is 0 Å². The highest BCUT2D eigenvalue weighted by molar-refractivity contribution is 5.89. The van der Waals surface area contributed by atoms with Crippen molar-refractivity contribution in [1.29, 1.82) is 0 Å². The van der Waals surface area contributed by atoms with E-state index in [1.54, 1.807) is 48.5 Å². The maximum absolute atomic E-state index is 13.5. The van der Waals surface area contributed by atoms with Crippen LogP contribution < -0.4 is 32.3 Å². The fourth-order valence-corrected chi connectivity index (χ4v) is 5.96. The van der Waals surface area contributed by atoms with Crippen LogP contribution in [0, 0.1) is 5.92 Å². The first kappa shape index (κ1) is 37.1. The number of carbonyl (C=O) groups is 6. The Morgan fingerprint density at radius 3 is 2.26 bits per heavy atom. The fourth-order valence-electron chi connectivity index (χ4n) is 5.96. The van der Waals surface area contributed by atoms with Crippen molar-refractivity contribution in [2.24, 2.45) is 11.7 Å². The molecule has 50 heavy (non-hydrogen) atoms. The van der Waals surface area contributed by atoms with Crippen LogP contribution in [0.1, 0.15) is 53.7 Å². The molecule has 13 heteroatoms. The summed E-state index contributed by atoms with van der Waals surface area (Å²) in [5, 5.41) is 14.0. The molecule has 1 aromatic heterocycles. The Balaban J connectivity index is 1.36. The van der Waals surface area contributed by atoms with E-state index in [9.17, 15) is 28.8 Å². The van der Waals surface area contributed by atoms with Crippen molar-refractivity contribution in [2.75, 3.05) is 0 Å². The number of nitrogens with two attached hydrogens (primary N) is 1. The van der Waals surface area contributed by atoms with E-state index in [0.717, 1.165) is 11.1 Å². The molecule has 3 aromatic rings. The average Bonchev–Trinajstić information content (AvgIpc) is 3.63. The quantitative estimate of drug-likeness (QED) is 0.0860. The molecule has 13 nitrogen and oxygen atoms in total. The zero-order valence-electron chi connectivity index (χ0n) is 27.8. The first-order valence-corrected chi connectivity index (χ1v) is 16.6. The monoisotopic (exact) mass is 684 g/mol. The number of hydrogen-bond acceptors (Lipinski definition) is 7. The predicted octanol–water partition coefficient (Wildman–Crippen LogP) is 1.49. The zero-order valence-corrected chi connectivity index (χ0v) is 27.8. The van der Waals surface area contributed by atoms with E-state index in [-0.39, 0.29) is 56.1 Å². The Morgan fingerprint density at radius 1 is 0.840 bits per heavy atom. The van der Waals surface area contributed by atoms with Crippen LogP contribution in [0.25, 0.3) is 0 Å². The van der Waals surface area contributed by atoms with Gasteiger partial charge in [-0.2, -0.15) is 0 Å². The number of rotatable bonds is 18. The van der Waals surface area contributed by atoms with Crippen LogP contribution in [0.15, 0.2) is 84.0 Å². The summed E-state index contributed by atoms with van der Waals surface area (Å²) in [6.07, 6.45) is 6.15. The molecule has 264 valence electrons. The van der Waals surface area contributed by atoms with Crippen molar-refractivity contribution in [3.63, 3.8) is 0 Å². The Kier molecular flexibility index (Phi) is 13.9. The average molecular weight is 685 g/mol. The van der Waals surface area contributed by atoms with Crippen LogP contribution in [0.2, 0.25) is 0 Å². The summed E-state index contributed by atoms with van der Waals surface area (Å²) in [5.41, 5.74) is 8.53. The summed E-state index contributed by atoms with van der Waals surface area (Å²) >= 11 is 0. The predicted molar refractivity (Wildman–Crippen MR) is 185 cm³/mol. The van der Waals surface area contributed by atoms with Crippen LogP contribution in [0.4, 0.5) is 0 Å². The third kappa shape index (κ3) is 11.5. The van der Waals surface area contributed by atoms with E-state index < -0.39 is 29.8 Å². The lowest BCUT2D eigenvalue weighted by Crippen LogP contribution is -2.50. The van der Waals surface area contributed by atoms with Crippen molar-refractivity contribution >= 4 is 35.9 Å². The van der Waals surface area contributed by atoms with Gasteiger partial charge in [0.2, 0.25) is 35.9 Å². The minimum absolute atomic E-state index is 0.0453. The fraction of sp³-hybridized carbons (Fsp3) is 0.351. The van der Waals surface area contributed by atoms with Crippen LogP contribution in [-0.4, -0.2) is 54.1 Å². The molecule has 7 N–H and O–H groups in total. The van der Waals surface area contributed by atoms with Crippen molar-refractivity contribution in [3.8, 4) is 0 Å². The maximum Gasteiger partial charge on any atom is 0.243 e. The Morgan fingerprint density at radius 2 is 1.58 bits per heavy atom. The second-order valence-electron chi connectivity index (χ2n) is 12.3. The first-order valence-electron chi connectivity index (χ1n) is 16.6. The largest absolute Gasteiger partial charge is 0.469 e. The topological polar surface area (TPSA) is 202 Å². The first-order chi connectivity index (χ1) is 24.1. The van der Waals surface area contributed by atoms with Crippen molar-refractivity contribution in [2.45, 2.75) is 76.2 Å². The maximum atomic E-state index is 13.5. The second-order valence-corrected chi connectivity index (χ2v) is 12.3. The lowest BCUT2D eigenvalue weighted by atomic mass is 9.85. The molecular formula is C37H44N6O7. The molecule has 2 aromatic carbocycles. The molecule has 0 spiro atoms. The summed E-state index contributed by atoms with van der Waals surface area (Å²) in [5.74, 6) is -1.81. The molecule has 0 unspecified atom stereocenters. The molecule has 2 atom stereocenters. The number of furan rings is 1. The van der Waals surface area contributed by atoms with Crippen molar-refractivity contribution < 1.29 is 33.2 Å². The molecule has 0 aliphatic heterocycles. The smallest absolute Gasteiger partial charge is 0.243 e. The van der Waals surface area contributed by atoms with Gasteiger partial charge in [0.05, 0.1) is 12.7 Å². The normalized spacial score (nSPS) is 16.6. The van der Waals surface area contributed by atoms with Crippen LogP contribution in [-0.2, 0) is 61.1 Å². The molecule has 1 heterocycles. The second kappa shape index (κ2) is 18.7. The molecule has 1 aliphatic carbocycles. The molecule has 0 bridgehead atoms. The number of primary amides is 1. The van der Waals surface area contributed by atoms with Gasteiger partial charge in [-0.05, 0) is 66.1 Å². The summed E-state index contributed by atoms with van der Waals surface area (Å²) in [7, 11) is 0. The van der Waals surface area contributed by atoms with Gasteiger partial charge in [-0.3, -0.25) is 28.8 Å². The van der Waals surface area contributed by atoms with Gasteiger partial charge in [0, 0.05) is 37.9 Å². The SMILES string of the molecule is C=CC(=O)NCc1cccc(C[C@H](NC(=O)Cc2ccccc2CNC(=O)[C@H](Cc2ccco2)NC(=O)C2CCC(NC=O)CC2)C(N)=O)c1. The summed E-state index contributed by atoms with van der Waals surface area (Å²) in [4.78, 5) is 74.4. The third-order valence-electron chi connectivity index (χ3n) is 8.70. The molecule has 1 fully saturated rings. The van der Waals surface area contributed by atoms with Crippen LogP contribution >= 0.6 is 0 Å². The standard InChI is InChI=1S/C37H44N6O7/c1-2-33(45)39-21-25-8-5-7-24(17-25)18-31(35(38)47)42-34(46)19-27-9-3-4-10-28(27)22-40-37(49)32(20-30-11-6-16-50-30)43-36(48)26-12-14-29(15-13-26)41-23-44/h2-11,16-17,23,26,29,31-32H,1,12-15,18-22H2,(H2,38,47)(H,39,45)(H,40,49)(H,41,44)(H,42,46)(H,43,48)/t26?,29?,31-,32-/m0/s1. The Bertz CT molecular complexity index is 1650. The number of amides is 6. The lowest BCUT2D eigenvalue weighted by Gasteiger charge is -2.28. The van der Waals surface area contributed by atoms with E-state index in [1.165, 1.54) is 12.3 Å². The van der Waals surface area contributed by atoms with E-state index >= 15 is 0 Å². The number of benzene rings is 2. The molecule has 1 saturated carbocycles. The molecular weight excluding hydrogens is 640 g/mol. The van der Waals surface area contributed by atoms with E-state index in [0.29, 0.717) is 49.0 Å². The van der Waals surface area contributed by atoms with E-state index in [1.807, 2.05) is 12.1 Å². The third-order valence-corrected chi connectivity index (χ3v) is 8.70.